The van der Waals surface area contributed by atoms with Gasteiger partial charge in [-0.1, -0.05) is 6.07 Å². The molecule has 0 aromatic heterocycles. The summed E-state index contributed by atoms with van der Waals surface area (Å²) in [4.78, 5) is 21.2. The predicted molar refractivity (Wildman–Crippen MR) is 54.2 cm³/mol. The molecule has 4 heteroatoms. The Hall–Kier alpha value is -1.84. The van der Waals surface area contributed by atoms with Crippen LogP contribution in [0.4, 0.5) is 5.69 Å². The predicted octanol–water partition coefficient (Wildman–Crippen LogP) is 0.246. The molecule has 1 amide bonds. The molecule has 0 spiro atoms. The van der Waals surface area contributed by atoms with E-state index in [0.717, 1.165) is 5.56 Å². The molecular weight excluding hydrogens is 194 g/mol. The number of benzene rings is 1. The Labute approximate surface area is 87.9 Å². The zero-order valence-corrected chi connectivity index (χ0v) is 8.66. The van der Waals surface area contributed by atoms with Crippen LogP contribution in [0.2, 0.25) is 0 Å². The van der Waals surface area contributed by atoms with Gasteiger partial charge in [-0.25, -0.2) is 0 Å². The van der Waals surface area contributed by atoms with Gasteiger partial charge in [0.2, 0.25) is 5.91 Å². The topological polar surface area (TPSA) is 69.2 Å². The maximum Gasteiger partial charge on any atom is 0.221 e. The molecule has 1 aromatic carbocycles. The first-order chi connectivity index (χ1) is 6.99. The van der Waals surface area contributed by atoms with Gasteiger partial charge in [-0.3, -0.25) is 4.79 Å². The molecule has 15 heavy (non-hydrogen) atoms. The average Bonchev–Trinajstić information content (AvgIpc) is 2.09. The van der Waals surface area contributed by atoms with E-state index in [4.69, 9.17) is 0 Å². The SMILES string of the molecule is CC(=O)Nc1ccc(C)c(CC(=O)[O-])c1. The largest absolute Gasteiger partial charge is 0.550 e. The molecule has 0 unspecified atom stereocenters. The van der Waals surface area contributed by atoms with Crippen LogP contribution < -0.4 is 10.4 Å². The van der Waals surface area contributed by atoms with Crippen LogP contribution in [0.5, 0.6) is 0 Å². The number of hydrogen-bond acceptors (Lipinski definition) is 3. The molecule has 1 N–H and O–H groups in total. The highest BCUT2D eigenvalue weighted by molar-refractivity contribution is 5.88. The first-order valence-electron chi connectivity index (χ1n) is 4.56. The van der Waals surface area contributed by atoms with Crippen molar-refractivity contribution in [1.82, 2.24) is 0 Å². The molecule has 0 heterocycles. The summed E-state index contributed by atoms with van der Waals surface area (Å²) in [6.45, 7) is 3.22. The van der Waals surface area contributed by atoms with E-state index in [1.54, 1.807) is 18.2 Å². The summed E-state index contributed by atoms with van der Waals surface area (Å²) in [5.41, 5.74) is 2.12. The molecule has 1 aromatic rings. The minimum absolute atomic E-state index is 0.140. The highest BCUT2D eigenvalue weighted by Crippen LogP contribution is 2.15. The first kappa shape index (κ1) is 11.2. The zero-order chi connectivity index (χ0) is 11.4. The minimum atomic E-state index is -1.13. The summed E-state index contributed by atoms with van der Waals surface area (Å²) in [5.74, 6) is -1.31. The summed E-state index contributed by atoms with van der Waals surface area (Å²) in [6, 6.07) is 5.14. The smallest absolute Gasteiger partial charge is 0.221 e. The lowest BCUT2D eigenvalue weighted by molar-refractivity contribution is -0.304. The zero-order valence-electron chi connectivity index (χ0n) is 8.66. The van der Waals surface area contributed by atoms with Gasteiger partial charge in [0.1, 0.15) is 0 Å². The third-order valence-electron chi connectivity index (χ3n) is 2.00. The van der Waals surface area contributed by atoms with Gasteiger partial charge < -0.3 is 15.2 Å². The van der Waals surface area contributed by atoms with Gasteiger partial charge in [-0.15, -0.1) is 0 Å². The number of amides is 1. The minimum Gasteiger partial charge on any atom is -0.550 e. The summed E-state index contributed by atoms with van der Waals surface area (Å²) in [5, 5.41) is 13.0. The molecule has 4 nitrogen and oxygen atoms in total. The van der Waals surface area contributed by atoms with E-state index in [1.807, 2.05) is 6.92 Å². The molecule has 0 aliphatic carbocycles. The Morgan fingerprint density at radius 3 is 2.60 bits per heavy atom. The number of nitrogens with one attached hydrogen (secondary N) is 1. The number of aryl methyl sites for hydroxylation is 1. The highest BCUT2D eigenvalue weighted by Gasteiger charge is 2.02. The van der Waals surface area contributed by atoms with Crippen molar-refractivity contribution < 1.29 is 14.7 Å². The number of carboxylic acids is 1. The second kappa shape index (κ2) is 4.59. The van der Waals surface area contributed by atoms with Crippen molar-refractivity contribution in [3.63, 3.8) is 0 Å². The Bertz CT molecular complexity index is 399. The second-order valence-corrected chi connectivity index (χ2v) is 3.37. The molecule has 80 valence electrons. The van der Waals surface area contributed by atoms with Gasteiger partial charge in [-0.2, -0.15) is 0 Å². The molecule has 0 saturated carbocycles. The van der Waals surface area contributed by atoms with Crippen LogP contribution in [-0.2, 0) is 16.0 Å². The number of carbonyl (C=O) groups excluding carboxylic acids is 2. The number of carboxylic acid groups (broad SMARTS) is 1. The molecule has 0 radical (unpaired) electrons. The monoisotopic (exact) mass is 206 g/mol. The first-order valence-corrected chi connectivity index (χ1v) is 4.56. The quantitative estimate of drug-likeness (QED) is 0.770. The van der Waals surface area contributed by atoms with Crippen LogP contribution >= 0.6 is 0 Å². The van der Waals surface area contributed by atoms with Crippen molar-refractivity contribution >= 4 is 17.6 Å². The van der Waals surface area contributed by atoms with Crippen molar-refractivity contribution in [2.45, 2.75) is 20.3 Å². The van der Waals surface area contributed by atoms with E-state index in [2.05, 4.69) is 5.32 Å². The number of anilines is 1. The standard InChI is InChI=1S/C11H13NO3/c1-7-3-4-10(12-8(2)13)5-9(7)6-11(14)15/h3-5H,6H2,1-2H3,(H,12,13)(H,14,15)/p-1. The fourth-order valence-corrected chi connectivity index (χ4v) is 1.30. The third-order valence-corrected chi connectivity index (χ3v) is 2.00. The molecule has 1 rings (SSSR count). The number of carbonyl (C=O) groups is 2. The number of rotatable bonds is 3. The van der Waals surface area contributed by atoms with Crippen LogP contribution in [-0.4, -0.2) is 11.9 Å². The van der Waals surface area contributed by atoms with Crippen LogP contribution in [0, 0.1) is 6.92 Å². The Morgan fingerprint density at radius 1 is 1.40 bits per heavy atom. The van der Waals surface area contributed by atoms with E-state index in [9.17, 15) is 14.7 Å². The third kappa shape index (κ3) is 3.42. The number of aliphatic carboxylic acids is 1. The number of hydrogen-bond donors (Lipinski definition) is 1. The van der Waals surface area contributed by atoms with Crippen LogP contribution in [0.25, 0.3) is 0 Å². The van der Waals surface area contributed by atoms with Gasteiger partial charge in [0, 0.05) is 25.0 Å². The van der Waals surface area contributed by atoms with Crippen molar-refractivity contribution in [2.24, 2.45) is 0 Å². The molecule has 0 atom stereocenters. The maximum absolute atomic E-state index is 10.8. The van der Waals surface area contributed by atoms with E-state index in [1.165, 1.54) is 6.92 Å². The van der Waals surface area contributed by atoms with E-state index in [-0.39, 0.29) is 12.3 Å². The molecule has 0 bridgehead atoms. The lowest BCUT2D eigenvalue weighted by Crippen LogP contribution is -2.24. The molecule has 0 aliphatic heterocycles. The molecule has 0 aliphatic rings. The fourth-order valence-electron chi connectivity index (χ4n) is 1.30. The van der Waals surface area contributed by atoms with E-state index in [0.29, 0.717) is 11.3 Å². The van der Waals surface area contributed by atoms with Gasteiger partial charge in [-0.05, 0) is 30.2 Å². The fraction of sp³-hybridized carbons (Fsp3) is 0.273. The molecule has 0 fully saturated rings. The second-order valence-electron chi connectivity index (χ2n) is 3.37. The average molecular weight is 206 g/mol. The van der Waals surface area contributed by atoms with E-state index < -0.39 is 5.97 Å². The van der Waals surface area contributed by atoms with Gasteiger partial charge >= 0.3 is 0 Å². The summed E-state index contributed by atoms with van der Waals surface area (Å²) in [7, 11) is 0. The Morgan fingerprint density at radius 2 is 2.07 bits per heavy atom. The lowest BCUT2D eigenvalue weighted by atomic mass is 10.0. The van der Waals surface area contributed by atoms with Crippen LogP contribution in [0.1, 0.15) is 18.1 Å². The van der Waals surface area contributed by atoms with Crippen molar-refractivity contribution in [1.29, 1.82) is 0 Å². The Balaban J connectivity index is 2.94. The molecule has 0 saturated heterocycles. The maximum atomic E-state index is 10.8. The van der Waals surface area contributed by atoms with Gasteiger partial charge in [0.05, 0.1) is 0 Å². The van der Waals surface area contributed by atoms with Gasteiger partial charge in [0.25, 0.3) is 0 Å². The Kier molecular flexibility index (Phi) is 3.44. The highest BCUT2D eigenvalue weighted by atomic mass is 16.4. The van der Waals surface area contributed by atoms with E-state index >= 15 is 0 Å². The lowest BCUT2D eigenvalue weighted by Gasteiger charge is -2.09. The normalized spacial score (nSPS) is 9.73. The summed E-state index contributed by atoms with van der Waals surface area (Å²) in [6.07, 6.45) is -0.140. The van der Waals surface area contributed by atoms with Crippen LogP contribution in [0.15, 0.2) is 18.2 Å². The summed E-state index contributed by atoms with van der Waals surface area (Å²) >= 11 is 0. The van der Waals surface area contributed by atoms with Crippen molar-refractivity contribution in [3.05, 3.63) is 29.3 Å². The van der Waals surface area contributed by atoms with Crippen LogP contribution in [0.3, 0.4) is 0 Å². The van der Waals surface area contributed by atoms with Gasteiger partial charge in [0.15, 0.2) is 0 Å². The van der Waals surface area contributed by atoms with Crippen molar-refractivity contribution in [2.75, 3.05) is 5.32 Å². The summed E-state index contributed by atoms with van der Waals surface area (Å²) < 4.78 is 0. The van der Waals surface area contributed by atoms with Crippen molar-refractivity contribution in [3.8, 4) is 0 Å². The molecular formula is C11H12NO3-.